The predicted molar refractivity (Wildman–Crippen MR) is 233 cm³/mol. The topological polar surface area (TPSA) is 51.8 Å². The van der Waals surface area contributed by atoms with Gasteiger partial charge in [0.15, 0.2) is 17.5 Å². The van der Waals surface area contributed by atoms with Crippen molar-refractivity contribution in [2.24, 2.45) is 0 Å². The van der Waals surface area contributed by atoms with Crippen LogP contribution in [-0.4, -0.2) is 15.0 Å². The molecular weight excluding hydrogens is 703 g/mol. The molecule has 0 radical (unpaired) electrons. The standard InChI is InChI=1S/C51H31N3OS/c1-4-14-32(15-5-1)35-20-12-21-36(30-35)39-27-28-42(51-53-49(33-16-6-2-7-17-33)52-50(54-51)34-18-8-3-9-19-34)46-41-24-13-23-38(47(41)55-48(39)46)37-26-29-45-43(31-37)40-22-10-11-25-44(40)56-45/h1-31H. The number of fused-ring (bicyclic) bond motifs is 6. The summed E-state index contributed by atoms with van der Waals surface area (Å²) >= 11 is 1.83. The quantitative estimate of drug-likeness (QED) is 0.171. The zero-order valence-electron chi connectivity index (χ0n) is 30.1. The van der Waals surface area contributed by atoms with Crippen LogP contribution in [0.3, 0.4) is 0 Å². The first-order chi connectivity index (χ1) is 27.7. The lowest BCUT2D eigenvalue weighted by atomic mass is 9.94. The summed E-state index contributed by atoms with van der Waals surface area (Å²) in [6.07, 6.45) is 0. The van der Waals surface area contributed by atoms with E-state index in [1.807, 2.05) is 78.1 Å². The van der Waals surface area contributed by atoms with E-state index in [-0.39, 0.29) is 0 Å². The van der Waals surface area contributed by atoms with Crippen molar-refractivity contribution in [1.29, 1.82) is 0 Å². The Balaban J connectivity index is 1.19. The van der Waals surface area contributed by atoms with Crippen molar-refractivity contribution in [3.05, 3.63) is 188 Å². The van der Waals surface area contributed by atoms with Crippen molar-refractivity contribution in [3.8, 4) is 67.5 Å². The number of aromatic nitrogens is 3. The van der Waals surface area contributed by atoms with E-state index in [0.717, 1.165) is 72.0 Å². The Hall–Kier alpha value is -7.21. The summed E-state index contributed by atoms with van der Waals surface area (Å²) in [6, 6.07) is 65.6. The fraction of sp³-hybridized carbons (Fsp3) is 0. The second kappa shape index (κ2) is 13.3. The number of nitrogens with zero attached hydrogens (tertiary/aromatic N) is 3. The van der Waals surface area contributed by atoms with Gasteiger partial charge >= 0.3 is 0 Å². The van der Waals surface area contributed by atoms with Gasteiger partial charge in [0.25, 0.3) is 0 Å². The number of furan rings is 1. The van der Waals surface area contributed by atoms with Crippen LogP contribution in [0.25, 0.3) is 110 Å². The third-order valence-electron chi connectivity index (χ3n) is 10.6. The van der Waals surface area contributed by atoms with E-state index in [2.05, 4.69) is 121 Å². The first-order valence-corrected chi connectivity index (χ1v) is 19.5. The van der Waals surface area contributed by atoms with Gasteiger partial charge in [-0.25, -0.2) is 15.0 Å². The highest BCUT2D eigenvalue weighted by Gasteiger charge is 2.23. The molecule has 0 fully saturated rings. The van der Waals surface area contributed by atoms with Gasteiger partial charge in [-0.3, -0.25) is 0 Å². The third kappa shape index (κ3) is 5.48. The molecule has 11 rings (SSSR count). The number of para-hydroxylation sites is 1. The molecular formula is C51H31N3OS. The third-order valence-corrected chi connectivity index (χ3v) is 11.7. The molecule has 0 spiro atoms. The molecule has 0 aliphatic carbocycles. The molecule has 0 N–H and O–H groups in total. The van der Waals surface area contributed by atoms with Crippen LogP contribution in [0.1, 0.15) is 0 Å². The molecule has 0 unspecified atom stereocenters. The Morgan fingerprint density at radius 2 is 0.857 bits per heavy atom. The van der Waals surface area contributed by atoms with E-state index >= 15 is 0 Å². The molecule has 0 saturated heterocycles. The normalized spacial score (nSPS) is 11.6. The molecule has 8 aromatic carbocycles. The predicted octanol–water partition coefficient (Wildman–Crippen LogP) is 14.1. The van der Waals surface area contributed by atoms with Crippen molar-refractivity contribution < 1.29 is 4.42 Å². The number of benzene rings is 8. The molecule has 0 amide bonds. The van der Waals surface area contributed by atoms with Crippen LogP contribution in [0, 0.1) is 0 Å². The second-order valence-corrected chi connectivity index (χ2v) is 15.0. The monoisotopic (exact) mass is 733 g/mol. The number of hydrogen-bond donors (Lipinski definition) is 0. The number of rotatable bonds is 6. The summed E-state index contributed by atoms with van der Waals surface area (Å²) in [7, 11) is 0. The maximum absolute atomic E-state index is 7.17. The first kappa shape index (κ1) is 32.2. The molecule has 0 saturated carbocycles. The number of thiophene rings is 1. The zero-order valence-corrected chi connectivity index (χ0v) is 30.9. The largest absolute Gasteiger partial charge is 0.455 e. The Kier molecular flexibility index (Phi) is 7.64. The maximum Gasteiger partial charge on any atom is 0.164 e. The minimum absolute atomic E-state index is 0.589. The van der Waals surface area contributed by atoms with E-state index in [1.54, 1.807) is 0 Å². The van der Waals surface area contributed by atoms with Crippen LogP contribution in [0.4, 0.5) is 0 Å². The summed E-state index contributed by atoms with van der Waals surface area (Å²) in [5.74, 6) is 1.82. The molecule has 11 aromatic rings. The lowest BCUT2D eigenvalue weighted by Gasteiger charge is -2.11. The fourth-order valence-electron chi connectivity index (χ4n) is 7.86. The highest BCUT2D eigenvalue weighted by Crippen LogP contribution is 2.45. The lowest BCUT2D eigenvalue weighted by molar-refractivity contribution is 0.671. The van der Waals surface area contributed by atoms with Crippen LogP contribution in [0.5, 0.6) is 0 Å². The minimum Gasteiger partial charge on any atom is -0.455 e. The Labute approximate surface area is 327 Å². The average Bonchev–Trinajstić information content (AvgIpc) is 3.86. The molecule has 3 heterocycles. The highest BCUT2D eigenvalue weighted by atomic mass is 32.1. The molecule has 0 atom stereocenters. The van der Waals surface area contributed by atoms with Crippen molar-refractivity contribution in [2.45, 2.75) is 0 Å². The SMILES string of the molecule is c1ccc(-c2cccc(-c3ccc(-c4nc(-c5ccccc5)nc(-c5ccccc5)n4)c4c3oc3c(-c5ccc6sc7ccccc7c6c5)cccc34)c2)cc1. The smallest absolute Gasteiger partial charge is 0.164 e. The summed E-state index contributed by atoms with van der Waals surface area (Å²) in [4.78, 5) is 15.3. The van der Waals surface area contributed by atoms with E-state index in [9.17, 15) is 0 Å². The fourth-order valence-corrected chi connectivity index (χ4v) is 8.95. The maximum atomic E-state index is 7.17. The molecule has 0 aliphatic heterocycles. The van der Waals surface area contributed by atoms with Gasteiger partial charge in [-0.1, -0.05) is 152 Å². The molecule has 3 aromatic heterocycles. The lowest BCUT2D eigenvalue weighted by Crippen LogP contribution is -2.00. The van der Waals surface area contributed by atoms with Gasteiger partial charge in [-0.15, -0.1) is 11.3 Å². The van der Waals surface area contributed by atoms with E-state index in [0.29, 0.717) is 17.5 Å². The van der Waals surface area contributed by atoms with Gasteiger partial charge in [0.05, 0.1) is 0 Å². The first-order valence-electron chi connectivity index (χ1n) is 18.7. The molecule has 56 heavy (non-hydrogen) atoms. The van der Waals surface area contributed by atoms with Crippen molar-refractivity contribution in [2.75, 3.05) is 0 Å². The van der Waals surface area contributed by atoms with Crippen molar-refractivity contribution in [1.82, 2.24) is 15.0 Å². The minimum atomic E-state index is 0.589. The molecule has 4 nitrogen and oxygen atoms in total. The molecule has 0 aliphatic rings. The average molecular weight is 734 g/mol. The van der Waals surface area contributed by atoms with Gasteiger partial charge in [0.1, 0.15) is 11.2 Å². The second-order valence-electron chi connectivity index (χ2n) is 13.9. The summed E-state index contributed by atoms with van der Waals surface area (Å²) in [5.41, 5.74) is 10.9. The molecule has 262 valence electrons. The van der Waals surface area contributed by atoms with Crippen LogP contribution in [0.15, 0.2) is 192 Å². The zero-order chi connectivity index (χ0) is 37.0. The Morgan fingerprint density at radius 3 is 1.61 bits per heavy atom. The molecule has 0 bridgehead atoms. The van der Waals surface area contributed by atoms with Gasteiger partial charge < -0.3 is 4.42 Å². The van der Waals surface area contributed by atoms with Crippen molar-refractivity contribution >= 4 is 53.4 Å². The van der Waals surface area contributed by atoms with E-state index in [4.69, 9.17) is 19.4 Å². The van der Waals surface area contributed by atoms with Gasteiger partial charge in [0.2, 0.25) is 0 Å². The van der Waals surface area contributed by atoms with Crippen LogP contribution >= 0.6 is 11.3 Å². The van der Waals surface area contributed by atoms with Crippen LogP contribution in [0.2, 0.25) is 0 Å². The van der Waals surface area contributed by atoms with Crippen LogP contribution in [-0.2, 0) is 0 Å². The summed E-state index contributed by atoms with van der Waals surface area (Å²) in [5, 5.41) is 4.50. The summed E-state index contributed by atoms with van der Waals surface area (Å²) < 4.78 is 9.73. The van der Waals surface area contributed by atoms with Gasteiger partial charge in [0, 0.05) is 58.8 Å². The summed E-state index contributed by atoms with van der Waals surface area (Å²) in [6.45, 7) is 0. The Morgan fingerprint density at radius 1 is 0.321 bits per heavy atom. The van der Waals surface area contributed by atoms with Gasteiger partial charge in [-0.05, 0) is 58.7 Å². The van der Waals surface area contributed by atoms with Gasteiger partial charge in [-0.2, -0.15) is 0 Å². The highest BCUT2D eigenvalue weighted by molar-refractivity contribution is 7.25. The van der Waals surface area contributed by atoms with Crippen LogP contribution < -0.4 is 0 Å². The molecule has 5 heteroatoms. The van der Waals surface area contributed by atoms with E-state index < -0.39 is 0 Å². The number of hydrogen-bond acceptors (Lipinski definition) is 5. The van der Waals surface area contributed by atoms with E-state index in [1.165, 1.54) is 20.2 Å². The van der Waals surface area contributed by atoms with Crippen molar-refractivity contribution in [3.63, 3.8) is 0 Å². The Bertz CT molecular complexity index is 3180.